The van der Waals surface area contributed by atoms with Gasteiger partial charge < -0.3 is 9.64 Å². The second-order valence-corrected chi connectivity index (χ2v) is 8.10. The Morgan fingerprint density at radius 1 is 1.05 bits per heavy atom. The quantitative estimate of drug-likeness (QED) is 0.730. The number of nitrogens with zero attached hydrogens (tertiary/aromatic N) is 1. The van der Waals surface area contributed by atoms with E-state index in [2.05, 4.69) is 20.8 Å². The van der Waals surface area contributed by atoms with Gasteiger partial charge in [-0.05, 0) is 53.9 Å². The molecule has 0 radical (unpaired) electrons. The number of carbonyl (C=O) groups is 1. The molecule has 1 aliphatic carbocycles. The third kappa shape index (κ3) is 6.15. The van der Waals surface area contributed by atoms with Gasteiger partial charge in [-0.25, -0.2) is 4.79 Å². The van der Waals surface area contributed by atoms with Crippen LogP contribution >= 0.6 is 0 Å². The largest absolute Gasteiger partial charge is 0.444 e. The number of amides is 1. The van der Waals surface area contributed by atoms with Crippen molar-refractivity contribution in [3.63, 3.8) is 0 Å². The summed E-state index contributed by atoms with van der Waals surface area (Å²) in [5, 5.41) is 0. The van der Waals surface area contributed by atoms with Crippen molar-refractivity contribution in [2.45, 2.75) is 91.2 Å². The number of hydrogen-bond acceptors (Lipinski definition) is 2. The monoisotopic (exact) mass is 283 g/mol. The summed E-state index contributed by atoms with van der Waals surface area (Å²) in [6.45, 7) is 12.8. The number of hydrogen-bond donors (Lipinski definition) is 0. The maximum atomic E-state index is 12.4. The lowest BCUT2D eigenvalue weighted by Gasteiger charge is -2.38. The summed E-state index contributed by atoms with van der Waals surface area (Å²) in [4.78, 5) is 14.3. The fourth-order valence-electron chi connectivity index (χ4n) is 2.81. The predicted octanol–water partition coefficient (Wildman–Crippen LogP) is 4.99. The highest BCUT2D eigenvalue weighted by molar-refractivity contribution is 5.69. The van der Waals surface area contributed by atoms with Gasteiger partial charge in [-0.2, -0.15) is 0 Å². The minimum Gasteiger partial charge on any atom is -0.444 e. The molecule has 0 atom stereocenters. The SMILES string of the molecule is CC(C)(C)OC(=O)N(CCC1CCCCC1)C(C)(C)C. The first kappa shape index (κ1) is 17.3. The standard InChI is InChI=1S/C17H33NO2/c1-16(2,3)18(15(19)20-17(4,5)6)13-12-14-10-8-7-9-11-14/h14H,7-13H2,1-6H3. The average Bonchev–Trinajstić information content (AvgIpc) is 2.26. The minimum atomic E-state index is -0.425. The van der Waals surface area contributed by atoms with Crippen LogP contribution in [0.4, 0.5) is 4.79 Å². The number of carbonyl (C=O) groups excluding carboxylic acids is 1. The van der Waals surface area contributed by atoms with E-state index in [1.807, 2.05) is 25.7 Å². The van der Waals surface area contributed by atoms with Crippen LogP contribution in [0, 0.1) is 5.92 Å². The van der Waals surface area contributed by atoms with Crippen molar-refractivity contribution >= 4 is 6.09 Å². The van der Waals surface area contributed by atoms with Crippen LogP contribution in [0.5, 0.6) is 0 Å². The molecule has 0 N–H and O–H groups in total. The van der Waals surface area contributed by atoms with Crippen molar-refractivity contribution in [1.29, 1.82) is 0 Å². The van der Waals surface area contributed by atoms with Crippen molar-refractivity contribution in [3.8, 4) is 0 Å². The van der Waals surface area contributed by atoms with E-state index in [1.54, 1.807) is 0 Å². The van der Waals surface area contributed by atoms with Gasteiger partial charge in [0.2, 0.25) is 0 Å². The molecule has 1 saturated carbocycles. The predicted molar refractivity (Wildman–Crippen MR) is 83.9 cm³/mol. The van der Waals surface area contributed by atoms with Gasteiger partial charge in [-0.15, -0.1) is 0 Å². The van der Waals surface area contributed by atoms with E-state index < -0.39 is 5.60 Å². The fourth-order valence-corrected chi connectivity index (χ4v) is 2.81. The molecule has 0 saturated heterocycles. The molecule has 3 nitrogen and oxygen atoms in total. The summed E-state index contributed by atoms with van der Waals surface area (Å²) in [6.07, 6.45) is 7.67. The Morgan fingerprint density at radius 2 is 1.60 bits per heavy atom. The summed E-state index contributed by atoms with van der Waals surface area (Å²) in [5.41, 5.74) is -0.609. The Balaban J connectivity index is 2.58. The molecule has 0 aromatic rings. The van der Waals surface area contributed by atoms with Crippen LogP contribution in [0.3, 0.4) is 0 Å². The second kappa shape index (κ2) is 6.82. The van der Waals surface area contributed by atoms with Gasteiger partial charge >= 0.3 is 6.09 Å². The first-order valence-corrected chi connectivity index (χ1v) is 8.10. The molecule has 118 valence electrons. The lowest BCUT2D eigenvalue weighted by molar-refractivity contribution is 0.00446. The van der Waals surface area contributed by atoms with Crippen LogP contribution < -0.4 is 0 Å². The molecule has 20 heavy (non-hydrogen) atoms. The van der Waals surface area contributed by atoms with Gasteiger partial charge in [-0.1, -0.05) is 32.1 Å². The van der Waals surface area contributed by atoms with Gasteiger partial charge in [0, 0.05) is 12.1 Å². The summed E-state index contributed by atoms with van der Waals surface area (Å²) in [7, 11) is 0. The maximum absolute atomic E-state index is 12.4. The summed E-state index contributed by atoms with van der Waals surface area (Å²) >= 11 is 0. The fraction of sp³-hybridized carbons (Fsp3) is 0.941. The molecule has 0 aromatic carbocycles. The van der Waals surface area contributed by atoms with Crippen LogP contribution in [-0.2, 0) is 4.74 Å². The zero-order valence-corrected chi connectivity index (χ0v) is 14.3. The van der Waals surface area contributed by atoms with Crippen LogP contribution in [0.2, 0.25) is 0 Å². The molecule has 0 unspecified atom stereocenters. The lowest BCUT2D eigenvalue weighted by atomic mass is 9.86. The van der Waals surface area contributed by atoms with E-state index in [0.717, 1.165) is 18.9 Å². The molecule has 1 aliphatic rings. The first-order chi connectivity index (χ1) is 9.09. The molecule has 1 amide bonds. The van der Waals surface area contributed by atoms with Crippen molar-refractivity contribution in [2.24, 2.45) is 5.92 Å². The Bertz CT molecular complexity index is 306. The summed E-state index contributed by atoms with van der Waals surface area (Å²) in [6, 6.07) is 0. The Morgan fingerprint density at radius 3 is 2.05 bits per heavy atom. The van der Waals surface area contributed by atoms with E-state index in [0.29, 0.717) is 0 Å². The highest BCUT2D eigenvalue weighted by Crippen LogP contribution is 2.28. The third-order valence-corrected chi connectivity index (χ3v) is 3.91. The lowest BCUT2D eigenvalue weighted by Crippen LogP contribution is -2.48. The van der Waals surface area contributed by atoms with Gasteiger partial charge in [-0.3, -0.25) is 0 Å². The molecule has 0 aromatic heterocycles. The second-order valence-electron chi connectivity index (χ2n) is 8.10. The molecule has 0 heterocycles. The number of ether oxygens (including phenoxy) is 1. The molecular weight excluding hydrogens is 250 g/mol. The molecule has 0 spiro atoms. The van der Waals surface area contributed by atoms with E-state index in [1.165, 1.54) is 32.1 Å². The van der Waals surface area contributed by atoms with Crippen LogP contribution in [0.25, 0.3) is 0 Å². The third-order valence-electron chi connectivity index (χ3n) is 3.91. The molecule has 1 rings (SSSR count). The van der Waals surface area contributed by atoms with Crippen LogP contribution in [0.1, 0.15) is 80.1 Å². The first-order valence-electron chi connectivity index (χ1n) is 8.10. The maximum Gasteiger partial charge on any atom is 0.410 e. The average molecular weight is 283 g/mol. The zero-order chi connectivity index (χ0) is 15.4. The van der Waals surface area contributed by atoms with Crippen LogP contribution in [0.15, 0.2) is 0 Å². The highest BCUT2D eigenvalue weighted by Gasteiger charge is 2.31. The van der Waals surface area contributed by atoms with Crippen molar-refractivity contribution in [3.05, 3.63) is 0 Å². The molecule has 0 bridgehead atoms. The van der Waals surface area contributed by atoms with Crippen molar-refractivity contribution < 1.29 is 9.53 Å². The Kier molecular flexibility index (Phi) is 5.91. The van der Waals surface area contributed by atoms with Gasteiger partial charge in [0.15, 0.2) is 0 Å². The zero-order valence-electron chi connectivity index (χ0n) is 14.3. The summed E-state index contributed by atoms with van der Waals surface area (Å²) < 4.78 is 5.55. The molecule has 0 aliphatic heterocycles. The van der Waals surface area contributed by atoms with E-state index in [9.17, 15) is 4.79 Å². The van der Waals surface area contributed by atoms with Crippen LogP contribution in [-0.4, -0.2) is 28.7 Å². The van der Waals surface area contributed by atoms with E-state index >= 15 is 0 Å². The summed E-state index contributed by atoms with van der Waals surface area (Å²) in [5.74, 6) is 0.788. The van der Waals surface area contributed by atoms with E-state index in [-0.39, 0.29) is 11.6 Å². The number of rotatable bonds is 3. The van der Waals surface area contributed by atoms with Crippen molar-refractivity contribution in [1.82, 2.24) is 4.90 Å². The van der Waals surface area contributed by atoms with Gasteiger partial charge in [0.25, 0.3) is 0 Å². The highest BCUT2D eigenvalue weighted by atomic mass is 16.6. The van der Waals surface area contributed by atoms with Crippen molar-refractivity contribution in [2.75, 3.05) is 6.54 Å². The topological polar surface area (TPSA) is 29.5 Å². The molecule has 1 fully saturated rings. The molecule has 3 heteroatoms. The smallest absolute Gasteiger partial charge is 0.410 e. The Labute approximate surface area is 125 Å². The van der Waals surface area contributed by atoms with Gasteiger partial charge in [0.05, 0.1) is 0 Å². The molecular formula is C17H33NO2. The normalized spacial score (nSPS) is 17.9. The van der Waals surface area contributed by atoms with Gasteiger partial charge in [0.1, 0.15) is 5.60 Å². The minimum absolute atomic E-state index is 0.180. The van der Waals surface area contributed by atoms with E-state index in [4.69, 9.17) is 4.74 Å². The Hall–Kier alpha value is -0.730.